The lowest BCUT2D eigenvalue weighted by Crippen LogP contribution is -2.34. The molecule has 0 saturated heterocycles. The fourth-order valence-corrected chi connectivity index (χ4v) is 2.28. The molecule has 0 bridgehead atoms. The van der Waals surface area contributed by atoms with Crippen LogP contribution in [0.15, 0.2) is 18.2 Å². The molecule has 94 valence electrons. The van der Waals surface area contributed by atoms with Crippen LogP contribution in [0, 0.1) is 23.1 Å². The lowest BCUT2D eigenvalue weighted by Gasteiger charge is -2.15. The van der Waals surface area contributed by atoms with Crippen molar-refractivity contribution < 1.29 is 9.18 Å². The van der Waals surface area contributed by atoms with Crippen molar-refractivity contribution in [1.82, 2.24) is 0 Å². The molecule has 0 heterocycles. The molecular weight excluding hydrogens is 233 g/mol. The summed E-state index contributed by atoms with van der Waals surface area (Å²) < 4.78 is 13.4. The smallest absolute Gasteiger partial charge is 0.229 e. The second-order valence-corrected chi connectivity index (χ2v) is 4.46. The largest absolute Gasteiger partial charge is 0.327 e. The number of rotatable bonds is 2. The van der Waals surface area contributed by atoms with Crippen molar-refractivity contribution in [3.8, 4) is 6.07 Å². The second-order valence-electron chi connectivity index (χ2n) is 4.46. The Balaban J connectivity index is 2.17. The van der Waals surface area contributed by atoms with Gasteiger partial charge in [0.2, 0.25) is 5.91 Å². The number of benzene rings is 1. The third-order valence-corrected chi connectivity index (χ3v) is 3.29. The van der Waals surface area contributed by atoms with E-state index in [2.05, 4.69) is 5.32 Å². The van der Waals surface area contributed by atoms with Crippen LogP contribution in [0.5, 0.6) is 0 Å². The first-order chi connectivity index (χ1) is 8.63. The number of nitrogens with zero attached hydrogens (tertiary/aromatic N) is 1. The number of nitrogens with one attached hydrogen (secondary N) is 1. The molecule has 0 aromatic heterocycles. The van der Waals surface area contributed by atoms with E-state index in [-0.39, 0.29) is 29.1 Å². The van der Waals surface area contributed by atoms with Crippen LogP contribution in [-0.2, 0) is 4.79 Å². The van der Waals surface area contributed by atoms with Gasteiger partial charge in [-0.1, -0.05) is 12.5 Å². The van der Waals surface area contributed by atoms with Crippen LogP contribution in [0.4, 0.5) is 10.1 Å². The lowest BCUT2D eigenvalue weighted by molar-refractivity contribution is -0.120. The molecule has 1 aliphatic carbocycles. The Morgan fingerprint density at radius 1 is 1.50 bits per heavy atom. The van der Waals surface area contributed by atoms with E-state index < -0.39 is 5.82 Å². The van der Waals surface area contributed by atoms with Gasteiger partial charge in [-0.25, -0.2) is 4.39 Å². The third kappa shape index (κ3) is 2.34. The maximum Gasteiger partial charge on any atom is 0.229 e. The van der Waals surface area contributed by atoms with E-state index in [1.54, 1.807) is 6.07 Å². The number of amides is 1. The quantitative estimate of drug-likeness (QED) is 0.835. The molecule has 1 aliphatic rings. The predicted octanol–water partition coefficient (Wildman–Crippen LogP) is 1.76. The Hall–Kier alpha value is -1.93. The van der Waals surface area contributed by atoms with Crippen molar-refractivity contribution in [2.75, 3.05) is 5.32 Å². The van der Waals surface area contributed by atoms with Crippen LogP contribution < -0.4 is 11.1 Å². The number of carbonyl (C=O) groups excluding carboxylic acids is 1. The van der Waals surface area contributed by atoms with Crippen molar-refractivity contribution in [1.29, 1.82) is 5.26 Å². The van der Waals surface area contributed by atoms with Crippen molar-refractivity contribution in [3.05, 3.63) is 29.6 Å². The Morgan fingerprint density at radius 2 is 2.28 bits per heavy atom. The Morgan fingerprint density at radius 3 is 2.89 bits per heavy atom. The van der Waals surface area contributed by atoms with E-state index in [1.165, 1.54) is 18.2 Å². The number of nitrogens with two attached hydrogens (primary N) is 1. The van der Waals surface area contributed by atoms with Crippen molar-refractivity contribution in [2.45, 2.75) is 25.3 Å². The Labute approximate surface area is 105 Å². The average Bonchev–Trinajstić information content (AvgIpc) is 2.76. The van der Waals surface area contributed by atoms with E-state index in [0.29, 0.717) is 0 Å². The molecular formula is C13H14FN3O. The molecule has 0 radical (unpaired) electrons. The van der Waals surface area contributed by atoms with Gasteiger partial charge in [0.1, 0.15) is 17.4 Å². The summed E-state index contributed by atoms with van der Waals surface area (Å²) in [5, 5.41) is 11.5. The summed E-state index contributed by atoms with van der Waals surface area (Å²) in [7, 11) is 0. The molecule has 18 heavy (non-hydrogen) atoms. The molecule has 1 saturated carbocycles. The molecule has 3 N–H and O–H groups in total. The number of hydrogen-bond acceptors (Lipinski definition) is 3. The van der Waals surface area contributed by atoms with Gasteiger partial charge in [0.05, 0.1) is 11.6 Å². The highest BCUT2D eigenvalue weighted by Gasteiger charge is 2.30. The van der Waals surface area contributed by atoms with E-state index in [0.717, 1.165) is 19.3 Å². The molecule has 1 aromatic carbocycles. The predicted molar refractivity (Wildman–Crippen MR) is 65.1 cm³/mol. The summed E-state index contributed by atoms with van der Waals surface area (Å²) in [4.78, 5) is 12.0. The fraction of sp³-hybridized carbons (Fsp3) is 0.385. The van der Waals surface area contributed by atoms with Crippen LogP contribution in [0.1, 0.15) is 24.8 Å². The highest BCUT2D eigenvalue weighted by molar-refractivity contribution is 5.94. The maximum atomic E-state index is 13.4. The molecule has 0 spiro atoms. The minimum absolute atomic E-state index is 0.141. The van der Waals surface area contributed by atoms with Crippen molar-refractivity contribution in [2.24, 2.45) is 11.7 Å². The van der Waals surface area contributed by atoms with Gasteiger partial charge < -0.3 is 11.1 Å². The van der Waals surface area contributed by atoms with Gasteiger partial charge in [0.15, 0.2) is 0 Å². The molecule has 1 amide bonds. The summed E-state index contributed by atoms with van der Waals surface area (Å²) in [5.74, 6) is -1.12. The van der Waals surface area contributed by atoms with E-state index in [9.17, 15) is 9.18 Å². The number of halogens is 1. The minimum Gasteiger partial charge on any atom is -0.327 e. The molecule has 4 nitrogen and oxygen atoms in total. The van der Waals surface area contributed by atoms with Gasteiger partial charge in [-0.05, 0) is 25.0 Å². The Kier molecular flexibility index (Phi) is 3.58. The SMILES string of the molecule is N#Cc1c(F)cccc1NC(=O)C1CCCC1N. The maximum absolute atomic E-state index is 13.4. The highest BCUT2D eigenvalue weighted by atomic mass is 19.1. The molecule has 5 heteroatoms. The summed E-state index contributed by atoms with van der Waals surface area (Å²) in [6.07, 6.45) is 2.49. The fourth-order valence-electron chi connectivity index (χ4n) is 2.28. The summed E-state index contributed by atoms with van der Waals surface area (Å²) >= 11 is 0. The molecule has 0 aliphatic heterocycles. The molecule has 1 aromatic rings. The highest BCUT2D eigenvalue weighted by Crippen LogP contribution is 2.26. The second kappa shape index (κ2) is 5.15. The van der Waals surface area contributed by atoms with Gasteiger partial charge in [0, 0.05) is 6.04 Å². The zero-order valence-corrected chi connectivity index (χ0v) is 9.82. The van der Waals surface area contributed by atoms with Gasteiger partial charge in [0.25, 0.3) is 0 Å². The van der Waals surface area contributed by atoms with Crippen LogP contribution >= 0.6 is 0 Å². The molecule has 1 fully saturated rings. The topological polar surface area (TPSA) is 78.9 Å². The van der Waals surface area contributed by atoms with Crippen LogP contribution in [-0.4, -0.2) is 11.9 Å². The first kappa shape index (κ1) is 12.5. The Bertz CT molecular complexity index is 509. The number of hydrogen-bond donors (Lipinski definition) is 2. The number of nitriles is 1. The summed E-state index contributed by atoms with van der Waals surface area (Å²) in [6, 6.07) is 5.76. The standard InChI is InChI=1S/C13H14FN3O/c14-10-4-2-6-12(9(10)7-15)17-13(18)8-3-1-5-11(8)16/h2,4,6,8,11H,1,3,5,16H2,(H,17,18). The molecule has 2 atom stereocenters. The van der Waals surface area contributed by atoms with Gasteiger partial charge in [-0.2, -0.15) is 5.26 Å². The zero-order chi connectivity index (χ0) is 13.1. The molecule has 2 unspecified atom stereocenters. The zero-order valence-electron chi connectivity index (χ0n) is 9.82. The van der Waals surface area contributed by atoms with E-state index in [1.807, 2.05) is 0 Å². The molecule has 2 rings (SSSR count). The van der Waals surface area contributed by atoms with E-state index >= 15 is 0 Å². The van der Waals surface area contributed by atoms with Crippen LogP contribution in [0.25, 0.3) is 0 Å². The van der Waals surface area contributed by atoms with Crippen LogP contribution in [0.3, 0.4) is 0 Å². The van der Waals surface area contributed by atoms with Crippen molar-refractivity contribution >= 4 is 11.6 Å². The number of carbonyl (C=O) groups is 1. The van der Waals surface area contributed by atoms with Crippen molar-refractivity contribution in [3.63, 3.8) is 0 Å². The first-order valence-corrected chi connectivity index (χ1v) is 5.88. The lowest BCUT2D eigenvalue weighted by atomic mass is 10.0. The summed E-state index contributed by atoms with van der Waals surface area (Å²) in [6.45, 7) is 0. The monoisotopic (exact) mass is 247 g/mol. The van der Waals surface area contributed by atoms with Crippen LogP contribution in [0.2, 0.25) is 0 Å². The minimum atomic E-state index is -0.633. The first-order valence-electron chi connectivity index (χ1n) is 5.88. The average molecular weight is 247 g/mol. The number of anilines is 1. The third-order valence-electron chi connectivity index (χ3n) is 3.29. The van der Waals surface area contributed by atoms with Gasteiger partial charge in [-0.3, -0.25) is 4.79 Å². The summed E-state index contributed by atoms with van der Waals surface area (Å²) in [5.41, 5.74) is 5.90. The van der Waals surface area contributed by atoms with Gasteiger partial charge >= 0.3 is 0 Å². The van der Waals surface area contributed by atoms with Gasteiger partial charge in [-0.15, -0.1) is 0 Å². The van der Waals surface area contributed by atoms with E-state index in [4.69, 9.17) is 11.0 Å². The normalized spacial score (nSPS) is 22.5.